The van der Waals surface area contributed by atoms with Gasteiger partial charge in [0.1, 0.15) is 0 Å². The summed E-state index contributed by atoms with van der Waals surface area (Å²) in [6.07, 6.45) is 4.50. The molecular formula is C8H18O3Ti. The zero-order valence-electron chi connectivity index (χ0n) is 7.88. The van der Waals surface area contributed by atoms with E-state index >= 15 is 0 Å². The van der Waals surface area contributed by atoms with Crippen LogP contribution < -0.4 is 0 Å². The SMILES string of the molecule is CCCCC(CC)C[O][Ti](=[O])[OH]. The molecule has 0 aliphatic heterocycles. The molecule has 72 valence electrons. The summed E-state index contributed by atoms with van der Waals surface area (Å²) in [7, 11) is 0. The van der Waals surface area contributed by atoms with Crippen molar-refractivity contribution in [3.63, 3.8) is 0 Å². The van der Waals surface area contributed by atoms with Gasteiger partial charge in [-0.3, -0.25) is 0 Å². The van der Waals surface area contributed by atoms with E-state index in [-0.39, 0.29) is 0 Å². The van der Waals surface area contributed by atoms with Crippen LogP contribution in [0.3, 0.4) is 0 Å². The van der Waals surface area contributed by atoms with Gasteiger partial charge in [-0.15, -0.1) is 0 Å². The summed E-state index contributed by atoms with van der Waals surface area (Å²) >= 11 is -3.26. The van der Waals surface area contributed by atoms with Gasteiger partial charge in [0.05, 0.1) is 0 Å². The number of unbranched alkanes of at least 4 members (excludes halogenated alkanes) is 1. The summed E-state index contributed by atoms with van der Waals surface area (Å²) in [6, 6.07) is 0. The Labute approximate surface area is 81.2 Å². The van der Waals surface area contributed by atoms with E-state index in [4.69, 9.17) is 7.01 Å². The van der Waals surface area contributed by atoms with Gasteiger partial charge in [0.25, 0.3) is 0 Å². The molecule has 0 aliphatic carbocycles. The molecule has 0 aliphatic rings. The molecular weight excluding hydrogens is 192 g/mol. The number of rotatable bonds is 7. The average Bonchev–Trinajstić information content (AvgIpc) is 2.05. The third-order valence-corrected chi connectivity index (χ3v) is 2.63. The van der Waals surface area contributed by atoms with Crippen molar-refractivity contribution in [2.24, 2.45) is 5.92 Å². The fraction of sp³-hybridized carbons (Fsp3) is 1.00. The van der Waals surface area contributed by atoms with Crippen molar-refractivity contribution < 1.29 is 28.9 Å². The van der Waals surface area contributed by atoms with Gasteiger partial charge in [0, 0.05) is 0 Å². The number of hydrogen-bond donors (Lipinski definition) is 1. The van der Waals surface area contributed by atoms with Crippen LogP contribution in [-0.2, 0) is 25.3 Å². The monoisotopic (exact) mass is 210 g/mol. The van der Waals surface area contributed by atoms with Gasteiger partial charge in [-0.25, -0.2) is 0 Å². The summed E-state index contributed by atoms with van der Waals surface area (Å²) in [5, 5.41) is 0. The van der Waals surface area contributed by atoms with Crippen LogP contribution in [0.5, 0.6) is 0 Å². The van der Waals surface area contributed by atoms with Crippen molar-refractivity contribution >= 4 is 0 Å². The van der Waals surface area contributed by atoms with Crippen LogP contribution in [0.2, 0.25) is 0 Å². The Morgan fingerprint density at radius 1 is 1.50 bits per heavy atom. The molecule has 0 saturated carbocycles. The third-order valence-electron chi connectivity index (χ3n) is 1.99. The molecule has 4 heteroatoms. The molecule has 0 rings (SSSR count). The minimum absolute atomic E-state index is 0.464. The van der Waals surface area contributed by atoms with E-state index in [2.05, 4.69) is 13.8 Å². The third kappa shape index (κ3) is 7.10. The van der Waals surface area contributed by atoms with Crippen LogP contribution in [0.4, 0.5) is 0 Å². The first-order valence-electron chi connectivity index (χ1n) is 4.56. The molecule has 1 N–H and O–H groups in total. The molecule has 0 aromatic carbocycles. The Hall–Kier alpha value is 0.434. The quantitative estimate of drug-likeness (QED) is 0.653. The molecule has 0 radical (unpaired) electrons. The van der Waals surface area contributed by atoms with Crippen LogP contribution in [0.15, 0.2) is 0 Å². The Kier molecular flexibility index (Phi) is 8.34. The zero-order valence-corrected chi connectivity index (χ0v) is 9.44. The van der Waals surface area contributed by atoms with Gasteiger partial charge in [0.2, 0.25) is 0 Å². The Bertz CT molecular complexity index is 127. The Morgan fingerprint density at radius 3 is 2.58 bits per heavy atom. The molecule has 1 atom stereocenters. The Balaban J connectivity index is 3.45. The van der Waals surface area contributed by atoms with E-state index in [1.807, 2.05) is 0 Å². The maximum atomic E-state index is 10.3. The van der Waals surface area contributed by atoms with E-state index in [0.29, 0.717) is 12.5 Å². The van der Waals surface area contributed by atoms with Crippen molar-refractivity contribution in [3.8, 4) is 0 Å². The summed E-state index contributed by atoms with van der Waals surface area (Å²) < 4.78 is 23.6. The second-order valence-electron chi connectivity index (χ2n) is 2.99. The van der Waals surface area contributed by atoms with Gasteiger partial charge in [-0.1, -0.05) is 0 Å². The van der Waals surface area contributed by atoms with E-state index in [0.717, 1.165) is 12.8 Å². The second-order valence-corrected chi connectivity index (χ2v) is 4.27. The summed E-state index contributed by atoms with van der Waals surface area (Å²) in [5.74, 6) is 0.466. The molecule has 0 spiro atoms. The normalized spacial score (nSPS) is 12.9. The van der Waals surface area contributed by atoms with Crippen LogP contribution in [-0.4, -0.2) is 10.3 Å². The van der Waals surface area contributed by atoms with Crippen LogP contribution in [0, 0.1) is 5.92 Å². The van der Waals surface area contributed by atoms with Crippen molar-refractivity contribution in [2.75, 3.05) is 6.61 Å². The molecule has 0 fully saturated rings. The first kappa shape index (κ1) is 12.4. The Morgan fingerprint density at radius 2 is 2.17 bits per heavy atom. The maximum absolute atomic E-state index is 10.3. The molecule has 0 bridgehead atoms. The predicted octanol–water partition coefficient (Wildman–Crippen LogP) is 2.01. The van der Waals surface area contributed by atoms with E-state index in [9.17, 15) is 3.32 Å². The van der Waals surface area contributed by atoms with Gasteiger partial charge in [0.15, 0.2) is 0 Å². The number of hydrogen-bond acceptors (Lipinski definition) is 2. The van der Waals surface area contributed by atoms with E-state index in [1.165, 1.54) is 12.8 Å². The van der Waals surface area contributed by atoms with Gasteiger partial charge < -0.3 is 0 Å². The summed E-state index contributed by atoms with van der Waals surface area (Å²) in [6.45, 7) is 4.70. The van der Waals surface area contributed by atoms with E-state index in [1.54, 1.807) is 0 Å². The molecule has 0 aromatic heterocycles. The molecule has 12 heavy (non-hydrogen) atoms. The molecule has 3 nitrogen and oxygen atoms in total. The zero-order chi connectivity index (χ0) is 9.40. The van der Waals surface area contributed by atoms with E-state index < -0.39 is 18.6 Å². The standard InChI is InChI=1S/C8H17O.H2O.O.Ti/c1-3-5-6-8(4-2)7-9;;;/h8H,3-7H2,1-2H3;1H2;;/q-1;;;+2/p-1. The fourth-order valence-electron chi connectivity index (χ4n) is 1.09. The van der Waals surface area contributed by atoms with Crippen molar-refractivity contribution in [2.45, 2.75) is 39.5 Å². The average molecular weight is 210 g/mol. The summed E-state index contributed by atoms with van der Waals surface area (Å²) in [5.41, 5.74) is 0. The molecule has 0 amide bonds. The first-order valence-corrected chi connectivity index (χ1v) is 6.53. The summed E-state index contributed by atoms with van der Waals surface area (Å²) in [4.78, 5) is 0. The molecule has 0 aromatic rings. The van der Waals surface area contributed by atoms with Crippen molar-refractivity contribution in [1.29, 1.82) is 0 Å². The van der Waals surface area contributed by atoms with Gasteiger partial charge in [-0.2, -0.15) is 0 Å². The second kappa shape index (κ2) is 8.05. The predicted molar refractivity (Wildman–Crippen MR) is 42.2 cm³/mol. The van der Waals surface area contributed by atoms with Crippen LogP contribution in [0.1, 0.15) is 39.5 Å². The molecule has 1 unspecified atom stereocenters. The van der Waals surface area contributed by atoms with Crippen LogP contribution >= 0.6 is 0 Å². The van der Waals surface area contributed by atoms with Gasteiger partial charge in [-0.05, 0) is 0 Å². The van der Waals surface area contributed by atoms with Crippen LogP contribution in [0.25, 0.3) is 0 Å². The first-order chi connectivity index (χ1) is 5.70. The molecule has 0 heterocycles. The molecule has 0 saturated heterocycles. The van der Waals surface area contributed by atoms with Crippen molar-refractivity contribution in [3.05, 3.63) is 0 Å². The van der Waals surface area contributed by atoms with Gasteiger partial charge >= 0.3 is 81.0 Å². The minimum atomic E-state index is -3.26. The fourth-order valence-corrected chi connectivity index (χ4v) is 1.68. The topological polar surface area (TPSA) is 46.5 Å². The van der Waals surface area contributed by atoms with Crippen molar-refractivity contribution in [1.82, 2.24) is 0 Å².